The molecule has 0 bridgehead atoms. The van der Waals surface area contributed by atoms with Gasteiger partial charge in [0.15, 0.2) is 0 Å². The third-order valence-electron chi connectivity index (χ3n) is 2.83. The van der Waals surface area contributed by atoms with Gasteiger partial charge in [-0.1, -0.05) is 75.1 Å². The Morgan fingerprint density at radius 2 is 1.72 bits per heavy atom. The third kappa shape index (κ3) is 9.26. The Labute approximate surface area is 118 Å². The lowest BCUT2D eigenvalue weighted by molar-refractivity contribution is 0.601. The molecule has 18 heavy (non-hydrogen) atoms. The van der Waals surface area contributed by atoms with Crippen LogP contribution < -0.4 is 5.32 Å². The molecule has 1 aromatic carbocycles. The Morgan fingerprint density at radius 1 is 1.00 bits per heavy atom. The lowest BCUT2D eigenvalue weighted by Crippen LogP contribution is -2.14. The Balaban J connectivity index is 0.00000289. The zero-order chi connectivity index (χ0) is 12.2. The second-order valence-electron chi connectivity index (χ2n) is 4.43. The van der Waals surface area contributed by atoms with Gasteiger partial charge in [0.25, 0.3) is 0 Å². The second-order valence-corrected chi connectivity index (χ2v) is 4.43. The highest BCUT2D eigenvalue weighted by atomic mass is 35.5. The van der Waals surface area contributed by atoms with Crippen LogP contribution >= 0.6 is 12.4 Å². The van der Waals surface area contributed by atoms with Gasteiger partial charge in [-0.2, -0.15) is 0 Å². The van der Waals surface area contributed by atoms with E-state index in [1.54, 1.807) is 0 Å². The van der Waals surface area contributed by atoms with E-state index in [0.29, 0.717) is 0 Å². The lowest BCUT2D eigenvalue weighted by atomic mass is 10.1. The van der Waals surface area contributed by atoms with Gasteiger partial charge in [0.2, 0.25) is 0 Å². The minimum atomic E-state index is 0. The summed E-state index contributed by atoms with van der Waals surface area (Å²) < 4.78 is 0. The summed E-state index contributed by atoms with van der Waals surface area (Å²) in [6.45, 7) is 4.37. The van der Waals surface area contributed by atoms with Crippen LogP contribution in [0.3, 0.4) is 0 Å². The molecule has 0 radical (unpaired) electrons. The first-order valence-electron chi connectivity index (χ1n) is 6.86. The lowest BCUT2D eigenvalue weighted by Gasteiger charge is -2.01. The van der Waals surface area contributed by atoms with Gasteiger partial charge in [0.1, 0.15) is 0 Å². The fourth-order valence-electron chi connectivity index (χ4n) is 1.80. The summed E-state index contributed by atoms with van der Waals surface area (Å²) in [7, 11) is 0. The molecule has 1 aromatic rings. The molecule has 0 spiro atoms. The average Bonchev–Trinajstić information content (AvgIpc) is 2.38. The zero-order valence-corrected chi connectivity index (χ0v) is 12.2. The SMILES string of the molecule is CCCCCCCNC/C=C/c1ccccc1.Cl. The highest BCUT2D eigenvalue weighted by Crippen LogP contribution is 2.01. The largest absolute Gasteiger partial charge is 0.313 e. The molecule has 0 unspecified atom stereocenters. The van der Waals surface area contributed by atoms with Crippen molar-refractivity contribution < 1.29 is 0 Å². The summed E-state index contributed by atoms with van der Waals surface area (Å²) in [6.07, 6.45) is 11.1. The van der Waals surface area contributed by atoms with Crippen LogP contribution in [0.5, 0.6) is 0 Å². The van der Waals surface area contributed by atoms with Crippen LogP contribution in [0, 0.1) is 0 Å². The van der Waals surface area contributed by atoms with E-state index in [0.717, 1.165) is 13.1 Å². The Hall–Kier alpha value is -0.790. The standard InChI is InChI=1S/C16H25N.ClH/c1-2-3-4-5-9-14-17-15-10-13-16-11-7-6-8-12-16;/h6-8,10-13,17H,2-5,9,14-15H2,1H3;1H/b13-10+;. The van der Waals surface area contributed by atoms with Crippen molar-refractivity contribution in [3.05, 3.63) is 42.0 Å². The highest BCUT2D eigenvalue weighted by Gasteiger charge is 1.88. The number of rotatable bonds is 9. The fourth-order valence-corrected chi connectivity index (χ4v) is 1.80. The van der Waals surface area contributed by atoms with Gasteiger partial charge in [-0.25, -0.2) is 0 Å². The summed E-state index contributed by atoms with van der Waals surface area (Å²) in [5.74, 6) is 0. The summed E-state index contributed by atoms with van der Waals surface area (Å²) >= 11 is 0. The summed E-state index contributed by atoms with van der Waals surface area (Å²) in [5.41, 5.74) is 1.28. The topological polar surface area (TPSA) is 12.0 Å². The molecule has 0 atom stereocenters. The maximum absolute atomic E-state index is 3.45. The number of halogens is 1. The van der Waals surface area contributed by atoms with Crippen LogP contribution in [0.1, 0.15) is 44.6 Å². The van der Waals surface area contributed by atoms with Crippen molar-refractivity contribution in [2.45, 2.75) is 39.0 Å². The molecule has 2 heteroatoms. The molecule has 1 rings (SSSR count). The van der Waals surface area contributed by atoms with Crippen LogP contribution in [0.25, 0.3) is 6.08 Å². The quantitative estimate of drug-likeness (QED) is 0.641. The number of hydrogen-bond donors (Lipinski definition) is 1. The van der Waals surface area contributed by atoms with Crippen molar-refractivity contribution in [1.29, 1.82) is 0 Å². The fraction of sp³-hybridized carbons (Fsp3) is 0.500. The molecule has 1 N–H and O–H groups in total. The number of unbranched alkanes of at least 4 members (excludes halogenated alkanes) is 4. The molecule has 0 aromatic heterocycles. The van der Waals surface area contributed by atoms with E-state index in [1.807, 2.05) is 6.07 Å². The second kappa shape index (κ2) is 12.7. The Bertz CT molecular complexity index is 295. The molecule has 0 saturated carbocycles. The van der Waals surface area contributed by atoms with Crippen LogP contribution in [0.4, 0.5) is 0 Å². The van der Waals surface area contributed by atoms with Crippen molar-refractivity contribution in [1.82, 2.24) is 5.32 Å². The van der Waals surface area contributed by atoms with E-state index < -0.39 is 0 Å². The predicted octanol–water partition coefficient (Wildman–Crippen LogP) is 4.68. The molecular formula is C16H26ClN. The third-order valence-corrected chi connectivity index (χ3v) is 2.83. The molecule has 0 amide bonds. The van der Waals surface area contributed by atoms with Gasteiger partial charge in [0.05, 0.1) is 0 Å². The molecule has 0 aliphatic carbocycles. The molecular weight excluding hydrogens is 242 g/mol. The van der Waals surface area contributed by atoms with Crippen molar-refractivity contribution in [2.24, 2.45) is 0 Å². The van der Waals surface area contributed by atoms with Crippen molar-refractivity contribution in [3.63, 3.8) is 0 Å². The molecule has 0 heterocycles. The monoisotopic (exact) mass is 267 g/mol. The van der Waals surface area contributed by atoms with Crippen LogP contribution in [0.2, 0.25) is 0 Å². The van der Waals surface area contributed by atoms with E-state index in [1.165, 1.54) is 37.7 Å². The highest BCUT2D eigenvalue weighted by molar-refractivity contribution is 5.85. The summed E-state index contributed by atoms with van der Waals surface area (Å²) in [4.78, 5) is 0. The van der Waals surface area contributed by atoms with E-state index in [9.17, 15) is 0 Å². The van der Waals surface area contributed by atoms with Crippen LogP contribution in [0.15, 0.2) is 36.4 Å². The first-order valence-corrected chi connectivity index (χ1v) is 6.86. The number of nitrogens with one attached hydrogen (secondary N) is 1. The molecule has 0 aliphatic heterocycles. The van der Waals surface area contributed by atoms with E-state index >= 15 is 0 Å². The number of benzene rings is 1. The van der Waals surface area contributed by atoms with Gasteiger partial charge < -0.3 is 5.32 Å². The minimum absolute atomic E-state index is 0. The first kappa shape index (κ1) is 17.2. The van der Waals surface area contributed by atoms with Crippen molar-refractivity contribution in [2.75, 3.05) is 13.1 Å². The van der Waals surface area contributed by atoms with Gasteiger partial charge >= 0.3 is 0 Å². The first-order chi connectivity index (χ1) is 8.43. The zero-order valence-electron chi connectivity index (χ0n) is 11.4. The maximum atomic E-state index is 3.45. The molecule has 0 saturated heterocycles. The normalized spacial score (nSPS) is 10.5. The van der Waals surface area contributed by atoms with Gasteiger partial charge in [-0.15, -0.1) is 12.4 Å². The molecule has 1 nitrogen and oxygen atoms in total. The maximum Gasteiger partial charge on any atom is 0.0138 e. The predicted molar refractivity (Wildman–Crippen MR) is 84.4 cm³/mol. The van der Waals surface area contributed by atoms with E-state index in [4.69, 9.17) is 0 Å². The summed E-state index contributed by atoms with van der Waals surface area (Å²) in [5, 5.41) is 3.45. The summed E-state index contributed by atoms with van der Waals surface area (Å²) in [6, 6.07) is 10.4. The van der Waals surface area contributed by atoms with Gasteiger partial charge in [-0.3, -0.25) is 0 Å². The smallest absolute Gasteiger partial charge is 0.0138 e. The number of hydrogen-bond acceptors (Lipinski definition) is 1. The van der Waals surface area contributed by atoms with E-state index in [2.05, 4.69) is 48.7 Å². The van der Waals surface area contributed by atoms with Crippen LogP contribution in [-0.4, -0.2) is 13.1 Å². The van der Waals surface area contributed by atoms with Crippen molar-refractivity contribution >= 4 is 18.5 Å². The Kier molecular flexibility index (Phi) is 12.1. The average molecular weight is 268 g/mol. The molecule has 102 valence electrons. The molecule has 0 fully saturated rings. The van der Waals surface area contributed by atoms with Crippen LogP contribution in [-0.2, 0) is 0 Å². The van der Waals surface area contributed by atoms with Gasteiger partial charge in [-0.05, 0) is 18.5 Å². The van der Waals surface area contributed by atoms with Crippen molar-refractivity contribution in [3.8, 4) is 0 Å². The van der Waals surface area contributed by atoms with E-state index in [-0.39, 0.29) is 12.4 Å². The minimum Gasteiger partial charge on any atom is -0.313 e. The van der Waals surface area contributed by atoms with Gasteiger partial charge in [0, 0.05) is 6.54 Å². The molecule has 0 aliphatic rings. The Morgan fingerprint density at radius 3 is 2.44 bits per heavy atom.